The summed E-state index contributed by atoms with van der Waals surface area (Å²) in [5.41, 5.74) is 8.87. The summed E-state index contributed by atoms with van der Waals surface area (Å²) in [6.45, 7) is 0.995. The van der Waals surface area contributed by atoms with E-state index >= 15 is 0 Å². The lowest BCUT2D eigenvalue weighted by Gasteiger charge is -2.26. The fourth-order valence-electron chi connectivity index (χ4n) is 4.14. The standard InChI is InChI=1S/C25H23N3O4/c26-19-7-9-21(10-8-19)28(20-4-2-1-3-5-20)25(30)18-13-24(29)27(15-18)14-17-6-11-22-23(12-17)32-16-31-22/h1-12,18H,13-16,26H2. The number of benzene rings is 3. The number of likely N-dealkylation sites (tertiary alicyclic amines) is 1. The maximum Gasteiger partial charge on any atom is 0.236 e. The Morgan fingerprint density at radius 3 is 2.47 bits per heavy atom. The predicted octanol–water partition coefficient (Wildman–Crippen LogP) is 3.71. The van der Waals surface area contributed by atoms with E-state index in [1.807, 2.05) is 60.7 Å². The van der Waals surface area contributed by atoms with Gasteiger partial charge in [-0.25, -0.2) is 0 Å². The van der Waals surface area contributed by atoms with Gasteiger partial charge in [0.2, 0.25) is 18.6 Å². The number of nitrogens with two attached hydrogens (primary N) is 1. The Labute approximate surface area is 185 Å². The number of amides is 2. The third-order valence-corrected chi connectivity index (χ3v) is 5.76. The van der Waals surface area contributed by atoms with Crippen LogP contribution in [0, 0.1) is 5.92 Å². The van der Waals surface area contributed by atoms with Gasteiger partial charge in [0.25, 0.3) is 0 Å². The topological polar surface area (TPSA) is 85.1 Å². The fraction of sp³-hybridized carbons (Fsp3) is 0.200. The van der Waals surface area contributed by atoms with Gasteiger partial charge in [0.05, 0.1) is 5.92 Å². The Bertz CT molecular complexity index is 1150. The number of hydrogen-bond donors (Lipinski definition) is 1. The monoisotopic (exact) mass is 429 g/mol. The maximum atomic E-state index is 13.6. The summed E-state index contributed by atoms with van der Waals surface area (Å²) in [6, 6.07) is 22.3. The first-order chi connectivity index (χ1) is 15.6. The fourth-order valence-corrected chi connectivity index (χ4v) is 4.14. The summed E-state index contributed by atoms with van der Waals surface area (Å²) in [5, 5.41) is 0. The molecule has 1 fully saturated rings. The Morgan fingerprint density at radius 1 is 0.969 bits per heavy atom. The minimum atomic E-state index is -0.436. The number of carbonyl (C=O) groups is 2. The van der Waals surface area contributed by atoms with Crippen LogP contribution in [0.5, 0.6) is 11.5 Å². The van der Waals surface area contributed by atoms with Crippen LogP contribution in [0.15, 0.2) is 72.8 Å². The van der Waals surface area contributed by atoms with Crippen LogP contribution in [0.3, 0.4) is 0 Å². The van der Waals surface area contributed by atoms with Gasteiger partial charge in [-0.1, -0.05) is 24.3 Å². The van der Waals surface area contributed by atoms with Gasteiger partial charge >= 0.3 is 0 Å². The number of nitrogen functional groups attached to an aromatic ring is 1. The number of fused-ring (bicyclic) bond motifs is 1. The van der Waals surface area contributed by atoms with Gasteiger partial charge in [0.15, 0.2) is 11.5 Å². The molecule has 3 aromatic carbocycles. The lowest BCUT2D eigenvalue weighted by Crippen LogP contribution is -2.34. The first-order valence-electron chi connectivity index (χ1n) is 10.5. The molecule has 162 valence electrons. The number of carbonyl (C=O) groups excluding carboxylic acids is 2. The van der Waals surface area contributed by atoms with Crippen LogP contribution >= 0.6 is 0 Å². The summed E-state index contributed by atoms with van der Waals surface area (Å²) >= 11 is 0. The molecular formula is C25H23N3O4. The van der Waals surface area contributed by atoms with Crippen LogP contribution in [0.1, 0.15) is 12.0 Å². The van der Waals surface area contributed by atoms with E-state index in [1.54, 1.807) is 21.9 Å². The maximum absolute atomic E-state index is 13.6. The first-order valence-corrected chi connectivity index (χ1v) is 10.5. The third kappa shape index (κ3) is 3.85. The molecule has 2 aliphatic rings. The number of nitrogens with zero attached hydrogens (tertiary/aromatic N) is 2. The molecule has 0 aromatic heterocycles. The average Bonchev–Trinajstić information content (AvgIpc) is 3.42. The van der Waals surface area contributed by atoms with Crippen LogP contribution in [0.25, 0.3) is 0 Å². The molecule has 2 N–H and O–H groups in total. The summed E-state index contributed by atoms with van der Waals surface area (Å²) < 4.78 is 10.8. The summed E-state index contributed by atoms with van der Waals surface area (Å²) in [5.74, 6) is 0.806. The molecule has 7 nitrogen and oxygen atoms in total. The van der Waals surface area contributed by atoms with Gasteiger partial charge < -0.3 is 20.1 Å². The number of para-hydroxylation sites is 1. The van der Waals surface area contributed by atoms with Crippen molar-refractivity contribution in [2.75, 3.05) is 24.0 Å². The van der Waals surface area contributed by atoms with E-state index in [0.29, 0.717) is 30.3 Å². The predicted molar refractivity (Wildman–Crippen MR) is 121 cm³/mol. The molecule has 0 spiro atoms. The molecular weight excluding hydrogens is 406 g/mol. The van der Waals surface area contributed by atoms with Crippen LogP contribution < -0.4 is 20.1 Å². The third-order valence-electron chi connectivity index (χ3n) is 5.76. The molecule has 32 heavy (non-hydrogen) atoms. The number of anilines is 3. The Balaban J connectivity index is 1.36. The summed E-state index contributed by atoms with van der Waals surface area (Å²) in [7, 11) is 0. The quantitative estimate of drug-likeness (QED) is 0.625. The highest BCUT2D eigenvalue weighted by molar-refractivity contribution is 6.04. The van der Waals surface area contributed by atoms with E-state index in [-0.39, 0.29) is 25.0 Å². The lowest BCUT2D eigenvalue weighted by molar-refractivity contribution is -0.128. The number of ether oxygens (including phenoxy) is 2. The Hall–Kier alpha value is -4.00. The van der Waals surface area contributed by atoms with Gasteiger partial charge in [-0.3, -0.25) is 14.5 Å². The smallest absolute Gasteiger partial charge is 0.236 e. The van der Waals surface area contributed by atoms with Crippen molar-refractivity contribution >= 4 is 28.9 Å². The highest BCUT2D eigenvalue weighted by atomic mass is 16.7. The summed E-state index contributed by atoms with van der Waals surface area (Å²) in [4.78, 5) is 29.8. The number of rotatable bonds is 5. The highest BCUT2D eigenvalue weighted by Crippen LogP contribution is 2.34. The average molecular weight is 429 g/mol. The van der Waals surface area contributed by atoms with Gasteiger partial charge in [-0.15, -0.1) is 0 Å². The van der Waals surface area contributed by atoms with E-state index in [2.05, 4.69) is 0 Å². The van der Waals surface area contributed by atoms with Crippen LogP contribution in [-0.2, 0) is 16.1 Å². The molecule has 0 radical (unpaired) electrons. The van der Waals surface area contributed by atoms with Crippen molar-refractivity contribution in [3.63, 3.8) is 0 Å². The van der Waals surface area contributed by atoms with E-state index in [9.17, 15) is 9.59 Å². The minimum absolute atomic E-state index is 0.0358. The molecule has 0 aliphatic carbocycles. The molecule has 7 heteroatoms. The zero-order valence-corrected chi connectivity index (χ0v) is 17.4. The molecule has 5 rings (SSSR count). The van der Waals surface area contributed by atoms with Crippen molar-refractivity contribution in [1.29, 1.82) is 0 Å². The van der Waals surface area contributed by atoms with Gasteiger partial charge in [-0.05, 0) is 54.1 Å². The first kappa shape index (κ1) is 19.9. The van der Waals surface area contributed by atoms with Crippen molar-refractivity contribution in [2.24, 2.45) is 5.92 Å². The molecule has 2 heterocycles. The van der Waals surface area contributed by atoms with E-state index in [0.717, 1.165) is 16.9 Å². The van der Waals surface area contributed by atoms with Crippen molar-refractivity contribution < 1.29 is 19.1 Å². The van der Waals surface area contributed by atoms with Gasteiger partial charge in [0.1, 0.15) is 0 Å². The van der Waals surface area contributed by atoms with Crippen molar-refractivity contribution in [1.82, 2.24) is 4.90 Å². The summed E-state index contributed by atoms with van der Waals surface area (Å²) in [6.07, 6.45) is 0.182. The van der Waals surface area contributed by atoms with Crippen molar-refractivity contribution in [2.45, 2.75) is 13.0 Å². The molecule has 1 atom stereocenters. The van der Waals surface area contributed by atoms with E-state index in [4.69, 9.17) is 15.2 Å². The van der Waals surface area contributed by atoms with Gasteiger partial charge in [0, 0.05) is 36.6 Å². The molecule has 2 amide bonds. The van der Waals surface area contributed by atoms with E-state index in [1.165, 1.54) is 0 Å². The van der Waals surface area contributed by atoms with Crippen LogP contribution in [-0.4, -0.2) is 30.1 Å². The molecule has 1 saturated heterocycles. The van der Waals surface area contributed by atoms with Crippen LogP contribution in [0.4, 0.5) is 17.1 Å². The highest BCUT2D eigenvalue weighted by Gasteiger charge is 2.37. The molecule has 0 saturated carbocycles. The second-order valence-electron chi connectivity index (χ2n) is 7.96. The van der Waals surface area contributed by atoms with Crippen LogP contribution in [0.2, 0.25) is 0 Å². The SMILES string of the molecule is Nc1ccc(N(C(=O)C2CC(=O)N(Cc3ccc4c(c3)OCO4)C2)c2ccccc2)cc1. The molecule has 3 aromatic rings. The number of hydrogen-bond acceptors (Lipinski definition) is 5. The molecule has 0 bridgehead atoms. The molecule has 1 unspecified atom stereocenters. The normalized spacial score (nSPS) is 16.9. The largest absolute Gasteiger partial charge is 0.454 e. The lowest BCUT2D eigenvalue weighted by atomic mass is 10.1. The second-order valence-corrected chi connectivity index (χ2v) is 7.96. The second kappa shape index (κ2) is 8.26. The zero-order chi connectivity index (χ0) is 22.1. The van der Waals surface area contributed by atoms with Gasteiger partial charge in [-0.2, -0.15) is 0 Å². The molecule has 2 aliphatic heterocycles. The Kier molecular flexibility index (Phi) is 5.15. The zero-order valence-electron chi connectivity index (χ0n) is 17.4. The van der Waals surface area contributed by atoms with E-state index < -0.39 is 5.92 Å². The minimum Gasteiger partial charge on any atom is -0.454 e. The van der Waals surface area contributed by atoms with Crippen molar-refractivity contribution in [3.8, 4) is 11.5 Å². The van der Waals surface area contributed by atoms with Crippen molar-refractivity contribution in [3.05, 3.63) is 78.4 Å². The Morgan fingerprint density at radius 2 is 1.69 bits per heavy atom.